The fraction of sp³-hybridized carbons (Fsp3) is 0.533. The van der Waals surface area contributed by atoms with E-state index < -0.39 is 0 Å². The van der Waals surface area contributed by atoms with E-state index in [1.54, 1.807) is 0 Å². The highest BCUT2D eigenvalue weighted by Gasteiger charge is 2.08. The number of carbonyl (C=O) groups is 1. The van der Waals surface area contributed by atoms with Crippen LogP contribution in [-0.4, -0.2) is 39.1 Å². The van der Waals surface area contributed by atoms with Crippen molar-refractivity contribution in [1.82, 2.24) is 10.6 Å². The monoisotopic (exact) mass is 278 g/mol. The molecule has 0 aliphatic rings. The van der Waals surface area contributed by atoms with Gasteiger partial charge in [-0.15, -0.1) is 0 Å². The molecular formula is C15H26N4O. The number of carbonyl (C=O) groups excluding carboxylic acids is 1. The molecule has 0 saturated carbocycles. The Labute approximate surface area is 121 Å². The van der Waals surface area contributed by atoms with E-state index in [2.05, 4.69) is 16.0 Å². The molecule has 0 fully saturated rings. The summed E-state index contributed by atoms with van der Waals surface area (Å²) in [5, 5.41) is 9.30. The van der Waals surface area contributed by atoms with Gasteiger partial charge in [0.1, 0.15) is 0 Å². The number of anilines is 1. The molecular weight excluding hydrogens is 252 g/mol. The number of hydrogen-bond acceptors (Lipinski definition) is 4. The van der Waals surface area contributed by atoms with Crippen LogP contribution in [0.5, 0.6) is 0 Å². The minimum Gasteiger partial charge on any atom is -0.387 e. The Morgan fingerprint density at radius 3 is 2.55 bits per heavy atom. The van der Waals surface area contributed by atoms with Gasteiger partial charge >= 0.3 is 0 Å². The van der Waals surface area contributed by atoms with Crippen LogP contribution in [-0.2, 0) is 0 Å². The van der Waals surface area contributed by atoms with Crippen molar-refractivity contribution < 1.29 is 4.79 Å². The highest BCUT2D eigenvalue weighted by atomic mass is 16.1. The molecule has 0 atom stereocenters. The molecule has 1 aromatic rings. The first-order valence-electron chi connectivity index (χ1n) is 7.25. The summed E-state index contributed by atoms with van der Waals surface area (Å²) in [6.07, 6.45) is 3.04. The van der Waals surface area contributed by atoms with Crippen LogP contribution < -0.4 is 21.7 Å². The van der Waals surface area contributed by atoms with Gasteiger partial charge in [0.25, 0.3) is 5.91 Å². The van der Waals surface area contributed by atoms with Gasteiger partial charge in [-0.25, -0.2) is 0 Å². The third-order valence-electron chi connectivity index (χ3n) is 3.06. The molecule has 0 aliphatic heterocycles. The summed E-state index contributed by atoms with van der Waals surface area (Å²) in [6, 6.07) is 7.51. The quantitative estimate of drug-likeness (QED) is 0.485. The van der Waals surface area contributed by atoms with Crippen molar-refractivity contribution >= 4 is 11.6 Å². The van der Waals surface area contributed by atoms with Gasteiger partial charge in [-0.05, 0) is 51.0 Å². The average Bonchev–Trinajstić information content (AvgIpc) is 2.49. The lowest BCUT2D eigenvalue weighted by atomic mass is 10.1. The molecule has 0 unspecified atom stereocenters. The van der Waals surface area contributed by atoms with Crippen LogP contribution in [0.1, 0.15) is 29.6 Å². The van der Waals surface area contributed by atoms with Crippen LogP contribution in [0.3, 0.4) is 0 Å². The van der Waals surface area contributed by atoms with Crippen molar-refractivity contribution in [1.29, 1.82) is 0 Å². The molecule has 5 nitrogen and oxygen atoms in total. The Bertz CT molecular complexity index is 395. The number of para-hydroxylation sites is 1. The standard InChI is InChI=1S/C15H26N4O/c1-17-14-8-3-2-7-13(14)15(20)19-12-5-4-10-18-11-6-9-16/h2-3,7-8,17-18H,4-6,9-12,16H2,1H3,(H,19,20). The lowest BCUT2D eigenvalue weighted by Crippen LogP contribution is -2.26. The number of benzene rings is 1. The van der Waals surface area contributed by atoms with Gasteiger partial charge in [0.05, 0.1) is 5.56 Å². The van der Waals surface area contributed by atoms with Gasteiger partial charge in [0.2, 0.25) is 0 Å². The van der Waals surface area contributed by atoms with E-state index in [4.69, 9.17) is 5.73 Å². The maximum absolute atomic E-state index is 12.0. The Morgan fingerprint density at radius 1 is 1.10 bits per heavy atom. The highest BCUT2D eigenvalue weighted by Crippen LogP contribution is 2.13. The fourth-order valence-corrected chi connectivity index (χ4v) is 1.92. The number of nitrogens with one attached hydrogen (secondary N) is 3. The molecule has 0 aromatic heterocycles. The molecule has 1 aromatic carbocycles. The van der Waals surface area contributed by atoms with E-state index in [1.165, 1.54) is 0 Å². The molecule has 1 rings (SSSR count). The maximum Gasteiger partial charge on any atom is 0.253 e. The number of nitrogens with two attached hydrogens (primary N) is 1. The normalized spacial score (nSPS) is 10.3. The topological polar surface area (TPSA) is 79.2 Å². The summed E-state index contributed by atoms with van der Waals surface area (Å²) >= 11 is 0. The van der Waals surface area contributed by atoms with Gasteiger partial charge in [0, 0.05) is 19.3 Å². The number of amides is 1. The van der Waals surface area contributed by atoms with E-state index in [-0.39, 0.29) is 5.91 Å². The lowest BCUT2D eigenvalue weighted by molar-refractivity contribution is 0.0954. The predicted molar refractivity (Wildman–Crippen MR) is 84.1 cm³/mol. The second-order valence-electron chi connectivity index (χ2n) is 4.65. The fourth-order valence-electron chi connectivity index (χ4n) is 1.92. The van der Waals surface area contributed by atoms with Gasteiger partial charge in [-0.1, -0.05) is 12.1 Å². The van der Waals surface area contributed by atoms with Gasteiger partial charge < -0.3 is 21.7 Å². The van der Waals surface area contributed by atoms with Crippen LogP contribution in [0.2, 0.25) is 0 Å². The third-order valence-corrected chi connectivity index (χ3v) is 3.06. The molecule has 0 radical (unpaired) electrons. The smallest absolute Gasteiger partial charge is 0.253 e. The number of rotatable bonds is 10. The number of unbranched alkanes of at least 4 members (excludes halogenated alkanes) is 1. The minimum absolute atomic E-state index is 0.0222. The Kier molecular flexibility index (Phi) is 8.42. The molecule has 112 valence electrons. The summed E-state index contributed by atoms with van der Waals surface area (Å²) < 4.78 is 0. The zero-order valence-electron chi connectivity index (χ0n) is 12.2. The summed E-state index contributed by atoms with van der Waals surface area (Å²) in [5.74, 6) is -0.0222. The zero-order chi connectivity index (χ0) is 14.6. The molecule has 5 N–H and O–H groups in total. The van der Waals surface area contributed by atoms with E-state index in [9.17, 15) is 4.79 Å². The lowest BCUT2D eigenvalue weighted by Gasteiger charge is -2.09. The molecule has 0 bridgehead atoms. The molecule has 5 heteroatoms. The highest BCUT2D eigenvalue weighted by molar-refractivity contribution is 5.99. The first-order valence-corrected chi connectivity index (χ1v) is 7.25. The first kappa shape index (κ1) is 16.5. The van der Waals surface area contributed by atoms with E-state index in [0.717, 1.165) is 44.6 Å². The predicted octanol–water partition coefficient (Wildman–Crippen LogP) is 1.18. The molecule has 0 spiro atoms. The van der Waals surface area contributed by atoms with E-state index >= 15 is 0 Å². The first-order chi connectivity index (χ1) is 9.79. The van der Waals surface area contributed by atoms with Gasteiger partial charge in [0.15, 0.2) is 0 Å². The SMILES string of the molecule is CNc1ccccc1C(=O)NCCCCNCCCN. The van der Waals surface area contributed by atoms with Gasteiger partial charge in [-0.2, -0.15) is 0 Å². The van der Waals surface area contributed by atoms with Crippen molar-refractivity contribution in [3.05, 3.63) is 29.8 Å². The summed E-state index contributed by atoms with van der Waals surface area (Å²) in [7, 11) is 1.82. The minimum atomic E-state index is -0.0222. The maximum atomic E-state index is 12.0. The Hall–Kier alpha value is -1.59. The van der Waals surface area contributed by atoms with Crippen LogP contribution in [0.15, 0.2) is 24.3 Å². The zero-order valence-corrected chi connectivity index (χ0v) is 12.2. The second kappa shape index (κ2) is 10.2. The Balaban J connectivity index is 2.17. The summed E-state index contributed by atoms with van der Waals surface area (Å²) in [4.78, 5) is 12.0. The van der Waals surface area contributed by atoms with Crippen LogP contribution >= 0.6 is 0 Å². The van der Waals surface area contributed by atoms with Crippen molar-refractivity contribution in [2.24, 2.45) is 5.73 Å². The molecule has 20 heavy (non-hydrogen) atoms. The van der Waals surface area contributed by atoms with E-state index in [1.807, 2.05) is 31.3 Å². The largest absolute Gasteiger partial charge is 0.387 e. The van der Waals surface area contributed by atoms with Crippen LogP contribution in [0.4, 0.5) is 5.69 Å². The van der Waals surface area contributed by atoms with Crippen molar-refractivity contribution in [2.45, 2.75) is 19.3 Å². The number of hydrogen-bond donors (Lipinski definition) is 4. The van der Waals surface area contributed by atoms with Crippen molar-refractivity contribution in [3.63, 3.8) is 0 Å². The van der Waals surface area contributed by atoms with Crippen molar-refractivity contribution in [2.75, 3.05) is 38.5 Å². The van der Waals surface area contributed by atoms with Gasteiger partial charge in [-0.3, -0.25) is 4.79 Å². The molecule has 1 amide bonds. The van der Waals surface area contributed by atoms with Crippen LogP contribution in [0, 0.1) is 0 Å². The molecule has 0 heterocycles. The molecule has 0 saturated heterocycles. The second-order valence-corrected chi connectivity index (χ2v) is 4.65. The summed E-state index contributed by atoms with van der Waals surface area (Å²) in [6.45, 7) is 3.38. The van der Waals surface area contributed by atoms with E-state index in [0.29, 0.717) is 12.1 Å². The Morgan fingerprint density at radius 2 is 1.80 bits per heavy atom. The summed E-state index contributed by atoms with van der Waals surface area (Å²) in [5.41, 5.74) is 6.96. The van der Waals surface area contributed by atoms with Crippen molar-refractivity contribution in [3.8, 4) is 0 Å². The third kappa shape index (κ3) is 6.04. The average molecular weight is 278 g/mol. The van der Waals surface area contributed by atoms with Crippen LogP contribution in [0.25, 0.3) is 0 Å². The molecule has 0 aliphatic carbocycles.